The van der Waals surface area contributed by atoms with E-state index in [-0.39, 0.29) is 0 Å². The minimum Gasteiger partial charge on any atom is -0.494 e. The van der Waals surface area contributed by atoms with E-state index in [0.717, 1.165) is 83.9 Å². The number of nitrogens with zero attached hydrogens (tertiary/aromatic N) is 3. The molecule has 2 aliphatic heterocycles. The number of methoxy groups -OCH3 is 1. The molecule has 2 aliphatic rings. The average molecular weight is 645 g/mol. The monoisotopic (exact) mass is 644 g/mol. The number of hydrogen-bond acceptors (Lipinski definition) is 3. The third kappa shape index (κ3) is 5.22. The third-order valence-electron chi connectivity index (χ3n) is 9.16. The summed E-state index contributed by atoms with van der Waals surface area (Å²) in [6, 6.07) is 52.9. The Morgan fingerprint density at radius 3 is 1.64 bits per heavy atom. The van der Waals surface area contributed by atoms with Gasteiger partial charge in [-0.2, -0.15) is 0 Å². The fourth-order valence-corrected chi connectivity index (χ4v) is 7.02. The first-order valence-corrected chi connectivity index (χ1v) is 16.7. The van der Waals surface area contributed by atoms with Crippen LogP contribution >= 0.6 is 0 Å². The maximum Gasteiger partial charge on any atom is 0.147 e. The van der Waals surface area contributed by atoms with Gasteiger partial charge in [0.1, 0.15) is 11.5 Å². The van der Waals surface area contributed by atoms with E-state index in [2.05, 4.69) is 173 Å². The van der Waals surface area contributed by atoms with Crippen LogP contribution in [0.3, 0.4) is 0 Å². The number of aromatic nitrogens is 4. The highest BCUT2D eigenvalue weighted by Crippen LogP contribution is 2.47. The van der Waals surface area contributed by atoms with Gasteiger partial charge in [0.15, 0.2) is 0 Å². The smallest absolute Gasteiger partial charge is 0.147 e. The van der Waals surface area contributed by atoms with Crippen LogP contribution in [-0.2, 0) is 4.74 Å². The van der Waals surface area contributed by atoms with E-state index < -0.39 is 0 Å². The number of H-pyrrole nitrogens is 1. The van der Waals surface area contributed by atoms with Crippen molar-refractivity contribution in [1.29, 1.82) is 0 Å². The number of hydrogen-bond donors (Lipinski definition) is 1. The lowest BCUT2D eigenvalue weighted by Crippen LogP contribution is -1.98. The molecule has 0 fully saturated rings. The topological polar surface area (TPSA) is 55.7 Å². The molecular weight excluding hydrogens is 613 g/mol. The van der Waals surface area contributed by atoms with Gasteiger partial charge in [0, 0.05) is 39.5 Å². The van der Waals surface area contributed by atoms with Gasteiger partial charge in [0.25, 0.3) is 0 Å². The van der Waals surface area contributed by atoms with Crippen LogP contribution in [0.25, 0.3) is 85.1 Å². The fourth-order valence-electron chi connectivity index (χ4n) is 7.02. The second-order valence-corrected chi connectivity index (χ2v) is 12.3. The Morgan fingerprint density at radius 2 is 1.04 bits per heavy atom. The van der Waals surface area contributed by atoms with Crippen molar-refractivity contribution in [2.75, 3.05) is 7.11 Å². The minimum atomic E-state index is 0.700. The fraction of sp³-hybridized carbons (Fsp3) is 0.0222. The number of benzene rings is 4. The maximum absolute atomic E-state index is 6.16. The Morgan fingerprint density at radius 1 is 0.520 bits per heavy atom. The van der Waals surface area contributed by atoms with Gasteiger partial charge < -0.3 is 14.3 Å². The first-order valence-electron chi connectivity index (χ1n) is 16.7. The van der Waals surface area contributed by atoms with Crippen LogP contribution in [0.15, 0.2) is 152 Å². The second-order valence-electron chi connectivity index (χ2n) is 12.3. The Bertz CT molecular complexity index is 2600. The van der Waals surface area contributed by atoms with Gasteiger partial charge in [-0.15, -0.1) is 0 Å². The van der Waals surface area contributed by atoms with Crippen LogP contribution in [0, 0.1) is 0 Å². The number of fused-ring (bicyclic) bond motifs is 8. The molecule has 4 aromatic carbocycles. The molecule has 5 heteroatoms. The van der Waals surface area contributed by atoms with Gasteiger partial charge in [-0.3, -0.25) is 0 Å². The Kier molecular flexibility index (Phi) is 7.29. The zero-order valence-electron chi connectivity index (χ0n) is 27.4. The van der Waals surface area contributed by atoms with Crippen molar-refractivity contribution in [3.63, 3.8) is 0 Å². The van der Waals surface area contributed by atoms with Crippen LogP contribution in [0.5, 0.6) is 0 Å². The van der Waals surface area contributed by atoms with Crippen molar-refractivity contribution in [3.8, 4) is 39.1 Å². The van der Waals surface area contributed by atoms with E-state index in [4.69, 9.17) is 14.7 Å². The van der Waals surface area contributed by atoms with E-state index in [1.165, 1.54) is 0 Å². The molecular formula is C45H32N4O. The van der Waals surface area contributed by atoms with Gasteiger partial charge in [0.05, 0.1) is 35.2 Å². The molecule has 0 saturated carbocycles. The summed E-state index contributed by atoms with van der Waals surface area (Å²) in [5, 5.41) is 0. The van der Waals surface area contributed by atoms with E-state index in [1.807, 2.05) is 6.08 Å². The quantitative estimate of drug-likeness (QED) is 0.203. The van der Waals surface area contributed by atoms with Crippen molar-refractivity contribution >= 4 is 46.1 Å². The highest BCUT2D eigenvalue weighted by molar-refractivity contribution is 6.11. The van der Waals surface area contributed by atoms with E-state index >= 15 is 0 Å². The number of rotatable bonds is 5. The van der Waals surface area contributed by atoms with Gasteiger partial charge >= 0.3 is 0 Å². The van der Waals surface area contributed by atoms with Crippen LogP contribution in [-0.4, -0.2) is 26.6 Å². The summed E-state index contributed by atoms with van der Waals surface area (Å²) >= 11 is 0. The molecule has 7 aromatic rings. The predicted octanol–water partition coefficient (Wildman–Crippen LogP) is 11.1. The molecule has 0 atom stereocenters. The van der Waals surface area contributed by atoms with Gasteiger partial charge in [-0.05, 0) is 71.3 Å². The highest BCUT2D eigenvalue weighted by Gasteiger charge is 2.27. The minimum absolute atomic E-state index is 0.700. The van der Waals surface area contributed by atoms with Crippen molar-refractivity contribution in [3.05, 3.63) is 174 Å². The van der Waals surface area contributed by atoms with Gasteiger partial charge in [-0.1, -0.05) is 109 Å². The summed E-state index contributed by atoms with van der Waals surface area (Å²) in [7, 11) is 1.72. The van der Waals surface area contributed by atoms with Crippen molar-refractivity contribution < 1.29 is 4.74 Å². The molecule has 0 radical (unpaired) electrons. The molecule has 3 aromatic heterocycles. The summed E-state index contributed by atoms with van der Waals surface area (Å²) in [5.74, 6) is 0.700. The molecule has 238 valence electrons. The standard InChI is InChI=1S/C45H32N4O/c1-50-40-29-37-27-35-23-22-33(46-35)26-34-24-25-36(47-34)28-39-41(30-14-6-2-7-15-30)42(31-16-8-3-9-17-31)45(49(39)38-20-12-5-13-21-38)43(44(40)48-37)32-18-10-4-11-19-32/h2-29,46H,1H3. The van der Waals surface area contributed by atoms with Gasteiger partial charge in [-0.25, -0.2) is 9.97 Å². The summed E-state index contributed by atoms with van der Waals surface area (Å²) in [5.41, 5.74) is 14.7. The van der Waals surface area contributed by atoms with Gasteiger partial charge in [0.2, 0.25) is 0 Å². The normalized spacial score (nSPS) is 12.1. The predicted molar refractivity (Wildman–Crippen MR) is 206 cm³/mol. The highest BCUT2D eigenvalue weighted by atomic mass is 16.5. The van der Waals surface area contributed by atoms with E-state index in [0.29, 0.717) is 5.76 Å². The van der Waals surface area contributed by atoms with Crippen molar-refractivity contribution in [2.24, 2.45) is 0 Å². The molecule has 5 nitrogen and oxygen atoms in total. The van der Waals surface area contributed by atoms with Crippen molar-refractivity contribution in [2.45, 2.75) is 0 Å². The zero-order chi connectivity index (χ0) is 33.4. The lowest BCUT2D eigenvalue weighted by molar-refractivity contribution is 0.372. The summed E-state index contributed by atoms with van der Waals surface area (Å²) in [6.07, 6.45) is 6.19. The number of para-hydroxylation sites is 1. The Hall–Kier alpha value is -6.72. The lowest BCUT2D eigenvalue weighted by Gasteiger charge is -2.14. The van der Waals surface area contributed by atoms with Crippen LogP contribution in [0.2, 0.25) is 0 Å². The molecule has 8 bridgehead atoms. The molecule has 9 rings (SSSR count). The summed E-state index contributed by atoms with van der Waals surface area (Å²) < 4.78 is 8.54. The van der Waals surface area contributed by atoms with E-state index in [1.54, 1.807) is 7.11 Å². The molecule has 5 heterocycles. The van der Waals surface area contributed by atoms with Crippen LogP contribution in [0.1, 0.15) is 22.8 Å². The summed E-state index contributed by atoms with van der Waals surface area (Å²) in [4.78, 5) is 13.9. The largest absolute Gasteiger partial charge is 0.494 e. The van der Waals surface area contributed by atoms with Crippen molar-refractivity contribution in [1.82, 2.24) is 19.5 Å². The molecule has 0 saturated heterocycles. The molecule has 0 aliphatic carbocycles. The van der Waals surface area contributed by atoms with E-state index in [9.17, 15) is 0 Å². The first-order chi connectivity index (χ1) is 24.7. The second kappa shape index (κ2) is 12.4. The third-order valence-corrected chi connectivity index (χ3v) is 9.16. The number of nitrogens with one attached hydrogen (secondary N) is 1. The molecule has 0 spiro atoms. The number of ether oxygens (including phenoxy) is 1. The molecule has 1 N–H and O–H groups in total. The van der Waals surface area contributed by atoms with Crippen LogP contribution < -0.4 is 0 Å². The average Bonchev–Trinajstić information content (AvgIpc) is 3.97. The Balaban J connectivity index is 1.63. The molecule has 0 unspecified atom stereocenters. The summed E-state index contributed by atoms with van der Waals surface area (Å²) in [6.45, 7) is 0. The number of aromatic amines is 1. The SMILES string of the molecule is COC1=Cc2cc3ccc(cc4nc(cc5c(-c6ccccc6)c(-c6ccccc6)c(c(-c6ccccc6)c1n2)n5-c1ccccc1)C=C4)[nH]3. The maximum atomic E-state index is 6.16. The molecule has 50 heavy (non-hydrogen) atoms. The molecule has 0 amide bonds. The van der Waals surface area contributed by atoms with Crippen LogP contribution in [0.4, 0.5) is 0 Å². The lowest BCUT2D eigenvalue weighted by atomic mass is 9.93. The Labute approximate surface area is 290 Å². The first kappa shape index (κ1) is 29.4. The zero-order valence-corrected chi connectivity index (χ0v) is 27.4.